The van der Waals surface area contributed by atoms with Gasteiger partial charge in [-0.2, -0.15) is 0 Å². The maximum atomic E-state index is 4.38. The third kappa shape index (κ3) is 4.96. The number of hydrogen-bond acceptors (Lipinski definition) is 2. The first-order valence-corrected chi connectivity index (χ1v) is 6.97. The van der Waals surface area contributed by atoms with Crippen LogP contribution in [0.3, 0.4) is 0 Å². The van der Waals surface area contributed by atoms with Gasteiger partial charge in [0.05, 0.1) is 11.1 Å². The molecule has 0 aliphatic carbocycles. The van der Waals surface area contributed by atoms with E-state index >= 15 is 0 Å². The third-order valence-corrected chi connectivity index (χ3v) is 3.27. The summed E-state index contributed by atoms with van der Waals surface area (Å²) in [7, 11) is 8.14. The summed E-state index contributed by atoms with van der Waals surface area (Å²) in [5.74, 6) is 0. The highest BCUT2D eigenvalue weighted by Gasteiger charge is 1.98. The van der Waals surface area contributed by atoms with Gasteiger partial charge in [-0.15, -0.1) is 12.4 Å². The van der Waals surface area contributed by atoms with Crippen molar-refractivity contribution in [2.75, 3.05) is 38.0 Å². The lowest BCUT2D eigenvalue weighted by atomic mass is 10.2. The molecular weight excluding hydrogens is 294 g/mol. The second-order valence-electron chi connectivity index (χ2n) is 5.38. The van der Waals surface area contributed by atoms with E-state index in [0.29, 0.717) is 0 Å². The molecule has 0 radical (unpaired) electrons. The molecule has 0 spiro atoms. The van der Waals surface area contributed by atoms with Crippen molar-refractivity contribution in [3.63, 3.8) is 0 Å². The van der Waals surface area contributed by atoms with E-state index in [9.17, 15) is 0 Å². The fourth-order valence-electron chi connectivity index (χ4n) is 1.93. The molecule has 0 heterocycles. The van der Waals surface area contributed by atoms with E-state index in [-0.39, 0.29) is 12.4 Å². The van der Waals surface area contributed by atoms with Gasteiger partial charge in [-0.1, -0.05) is 4.67 Å². The molecule has 0 saturated heterocycles. The van der Waals surface area contributed by atoms with E-state index in [1.54, 1.807) is 0 Å². The predicted octanol–water partition coefficient (Wildman–Crippen LogP) is 2.85. The highest BCUT2D eigenvalue weighted by atomic mass is 35.5. The fraction of sp³-hybridized carbons (Fsp3) is 0.222. The Hall–Kier alpha value is -2.22. The molecule has 0 aliphatic rings. The van der Waals surface area contributed by atoms with Gasteiger partial charge < -0.3 is 9.80 Å². The van der Waals surface area contributed by atoms with Gasteiger partial charge in [0.25, 0.3) is 12.4 Å². The zero-order valence-corrected chi connectivity index (χ0v) is 14.3. The highest BCUT2D eigenvalue weighted by Crippen LogP contribution is 2.11. The van der Waals surface area contributed by atoms with Gasteiger partial charge >= 0.3 is 0 Å². The summed E-state index contributed by atoms with van der Waals surface area (Å²) in [6.07, 6.45) is 3.75. The van der Waals surface area contributed by atoms with E-state index in [4.69, 9.17) is 0 Å². The summed E-state index contributed by atoms with van der Waals surface area (Å²) in [6, 6.07) is 16.6. The Morgan fingerprint density at radius 3 is 1.23 bits per heavy atom. The Labute approximate surface area is 139 Å². The van der Waals surface area contributed by atoms with Crippen LogP contribution in [0, 0.1) is 0 Å². The minimum absolute atomic E-state index is 0. The van der Waals surface area contributed by atoms with Gasteiger partial charge in [0.15, 0.2) is 0 Å². The second kappa shape index (κ2) is 8.28. The molecule has 3 nitrogen and oxygen atoms in total. The van der Waals surface area contributed by atoms with Crippen LogP contribution in [0.5, 0.6) is 0 Å². The van der Waals surface area contributed by atoms with Crippen molar-refractivity contribution < 1.29 is 0 Å². The Bertz CT molecular complexity index is 582. The summed E-state index contributed by atoms with van der Waals surface area (Å²) in [5, 5.41) is 0. The molecule has 0 bridgehead atoms. The van der Waals surface area contributed by atoms with E-state index in [0.717, 1.165) is 11.1 Å². The zero-order chi connectivity index (χ0) is 15.2. The number of halogens is 1. The van der Waals surface area contributed by atoms with Crippen LogP contribution in [0.4, 0.5) is 11.4 Å². The largest absolute Gasteiger partial charge is 0.378 e. The lowest BCUT2D eigenvalue weighted by Gasteiger charge is -2.11. The molecule has 2 aromatic rings. The average Bonchev–Trinajstić information content (AvgIpc) is 2.48. The van der Waals surface area contributed by atoms with Crippen molar-refractivity contribution in [3.05, 3.63) is 59.7 Å². The minimum Gasteiger partial charge on any atom is -0.378 e. The Morgan fingerprint density at radius 2 is 0.955 bits per heavy atom. The van der Waals surface area contributed by atoms with Crippen LogP contribution in [-0.2, 0) is 0 Å². The first-order valence-electron chi connectivity index (χ1n) is 6.97. The molecule has 0 unspecified atom stereocenters. The lowest BCUT2D eigenvalue weighted by molar-refractivity contribution is 1.13. The molecule has 22 heavy (non-hydrogen) atoms. The average molecular weight is 317 g/mol. The highest BCUT2D eigenvalue weighted by molar-refractivity contribution is 5.87. The molecule has 0 fully saturated rings. The van der Waals surface area contributed by atoms with Crippen molar-refractivity contribution in [2.24, 2.45) is 0 Å². The molecule has 116 valence electrons. The molecule has 2 rings (SSSR count). The molecule has 0 atom stereocenters. The predicted molar refractivity (Wildman–Crippen MR) is 101 cm³/mol. The molecule has 0 amide bonds. The van der Waals surface area contributed by atoms with Crippen LogP contribution in [0.15, 0.2) is 48.5 Å². The first kappa shape index (κ1) is 17.8. The Balaban J connectivity index is 0.00000242. The number of rotatable bonds is 4. The topological polar surface area (TPSA) is 20.6 Å². The van der Waals surface area contributed by atoms with Crippen molar-refractivity contribution in [1.82, 2.24) is 4.67 Å². The standard InChI is InChI=1S/C18H22N3.ClH/c1-20(2)17-9-5-15(6-10-17)13-19-14-16-7-11-18(12-8-16)21(3)4;/h5-14H,1-4H3;1H/q+1;. The lowest BCUT2D eigenvalue weighted by Crippen LogP contribution is -2.08. The quantitative estimate of drug-likeness (QED) is 0.638. The molecule has 4 heteroatoms. The molecule has 0 aromatic heterocycles. The molecule has 0 aliphatic heterocycles. The van der Waals surface area contributed by atoms with E-state index in [1.165, 1.54) is 11.4 Å². The van der Waals surface area contributed by atoms with Crippen LogP contribution >= 0.6 is 12.4 Å². The van der Waals surface area contributed by atoms with Gasteiger partial charge in [-0.3, -0.25) is 0 Å². The number of benzene rings is 2. The maximum absolute atomic E-state index is 4.38. The van der Waals surface area contributed by atoms with Crippen LogP contribution < -0.4 is 14.5 Å². The zero-order valence-electron chi connectivity index (χ0n) is 13.5. The Morgan fingerprint density at radius 1 is 0.636 bits per heavy atom. The van der Waals surface area contributed by atoms with Crippen molar-refractivity contribution in [2.45, 2.75) is 0 Å². The van der Waals surface area contributed by atoms with Gasteiger partial charge in [0.2, 0.25) is 0 Å². The Kier molecular flexibility index (Phi) is 6.71. The summed E-state index contributed by atoms with van der Waals surface area (Å²) < 4.78 is 4.38. The fourth-order valence-corrected chi connectivity index (χ4v) is 1.93. The summed E-state index contributed by atoms with van der Waals surface area (Å²) >= 11 is 0. The smallest absolute Gasteiger partial charge is 0.299 e. The van der Waals surface area contributed by atoms with Gasteiger partial charge in [-0.05, 0) is 48.5 Å². The van der Waals surface area contributed by atoms with Crippen molar-refractivity contribution in [1.29, 1.82) is 0 Å². The SMILES string of the molecule is CN(C)c1ccc(C=[N+]=Cc2ccc(N(C)C)cc2)cc1.Cl. The minimum atomic E-state index is 0. The van der Waals surface area contributed by atoms with Gasteiger partial charge in [-0.25, -0.2) is 0 Å². The summed E-state index contributed by atoms with van der Waals surface area (Å²) in [4.78, 5) is 4.17. The number of hydrogen-bond donors (Lipinski definition) is 0. The monoisotopic (exact) mass is 316 g/mol. The molecular formula is C18H23ClN3+. The number of nitrogens with zero attached hydrogens (tertiary/aromatic N) is 3. The normalized spacial score (nSPS) is 9.27. The second-order valence-corrected chi connectivity index (χ2v) is 5.38. The summed E-state index contributed by atoms with van der Waals surface area (Å²) in [5.41, 5.74) is 4.58. The van der Waals surface area contributed by atoms with Gasteiger partial charge in [0, 0.05) is 39.6 Å². The van der Waals surface area contributed by atoms with E-state index < -0.39 is 0 Å². The number of anilines is 2. The van der Waals surface area contributed by atoms with Crippen molar-refractivity contribution >= 4 is 36.2 Å². The van der Waals surface area contributed by atoms with E-state index in [2.05, 4.69) is 63.0 Å². The van der Waals surface area contributed by atoms with Gasteiger partial charge in [0.1, 0.15) is 0 Å². The van der Waals surface area contributed by atoms with Crippen LogP contribution in [-0.4, -0.2) is 40.6 Å². The van der Waals surface area contributed by atoms with Crippen LogP contribution in [0.25, 0.3) is 0 Å². The third-order valence-electron chi connectivity index (χ3n) is 3.27. The molecule has 2 aromatic carbocycles. The first-order chi connectivity index (χ1) is 10.1. The van der Waals surface area contributed by atoms with Crippen molar-refractivity contribution in [3.8, 4) is 0 Å². The summed E-state index contributed by atoms with van der Waals surface area (Å²) in [6.45, 7) is 0. The van der Waals surface area contributed by atoms with Crippen LogP contribution in [0.1, 0.15) is 11.1 Å². The van der Waals surface area contributed by atoms with E-state index in [1.807, 2.05) is 40.6 Å². The maximum Gasteiger partial charge on any atom is 0.299 e. The molecule has 0 N–H and O–H groups in total. The molecule has 0 saturated carbocycles. The van der Waals surface area contributed by atoms with Crippen LogP contribution in [0.2, 0.25) is 0 Å².